The Balaban J connectivity index is 1.80. The lowest BCUT2D eigenvalue weighted by molar-refractivity contribution is -0.125. The number of hydrogen-bond donors (Lipinski definition) is 4. The molecule has 0 saturated carbocycles. The summed E-state index contributed by atoms with van der Waals surface area (Å²) in [6.45, 7) is 0.713. The molecule has 20 heavy (non-hydrogen) atoms. The van der Waals surface area contributed by atoms with E-state index < -0.39 is 11.6 Å². The number of carbonyl (C=O) groups excluding carboxylic acids is 3. The van der Waals surface area contributed by atoms with E-state index in [1.165, 1.54) is 6.20 Å². The van der Waals surface area contributed by atoms with Crippen LogP contribution in [0, 0.1) is 0 Å². The number of rotatable bonds is 1. The Morgan fingerprint density at radius 3 is 2.80 bits per heavy atom. The second-order valence-corrected chi connectivity index (χ2v) is 5.17. The zero-order valence-electron chi connectivity index (χ0n) is 10.7. The van der Waals surface area contributed by atoms with E-state index in [1.807, 2.05) is 0 Å². The number of anilines is 1. The van der Waals surface area contributed by atoms with Gasteiger partial charge in [0.15, 0.2) is 0 Å². The van der Waals surface area contributed by atoms with E-state index in [0.29, 0.717) is 30.8 Å². The number of H-pyrrole nitrogens is 1. The Morgan fingerprint density at radius 2 is 2.20 bits per heavy atom. The number of urea groups is 1. The van der Waals surface area contributed by atoms with Crippen LogP contribution < -0.4 is 16.4 Å². The molecule has 1 aromatic heterocycles. The molecule has 2 aliphatic heterocycles. The molecule has 4 amide bonds. The number of aromatic amines is 1. The van der Waals surface area contributed by atoms with Gasteiger partial charge < -0.3 is 20.9 Å². The van der Waals surface area contributed by atoms with Crippen molar-refractivity contribution in [1.82, 2.24) is 20.5 Å². The van der Waals surface area contributed by atoms with Gasteiger partial charge in [0.1, 0.15) is 11.2 Å². The van der Waals surface area contributed by atoms with Gasteiger partial charge in [-0.3, -0.25) is 14.9 Å². The Morgan fingerprint density at radius 1 is 1.40 bits per heavy atom. The van der Waals surface area contributed by atoms with Crippen LogP contribution in [0.25, 0.3) is 0 Å². The van der Waals surface area contributed by atoms with Crippen LogP contribution in [0.3, 0.4) is 0 Å². The number of aromatic nitrogens is 1. The van der Waals surface area contributed by atoms with E-state index in [-0.39, 0.29) is 18.4 Å². The van der Waals surface area contributed by atoms with Crippen LogP contribution in [0.4, 0.5) is 10.5 Å². The lowest BCUT2D eigenvalue weighted by Gasteiger charge is -2.37. The van der Waals surface area contributed by atoms with E-state index in [1.54, 1.807) is 11.0 Å². The van der Waals surface area contributed by atoms with Gasteiger partial charge in [0.2, 0.25) is 0 Å². The summed E-state index contributed by atoms with van der Waals surface area (Å²) >= 11 is 0. The molecule has 0 aliphatic carbocycles. The van der Waals surface area contributed by atoms with Crippen molar-refractivity contribution in [2.45, 2.75) is 18.4 Å². The van der Waals surface area contributed by atoms with E-state index in [2.05, 4.69) is 15.6 Å². The fraction of sp³-hybridized carbons (Fsp3) is 0.417. The Hall–Kier alpha value is -2.51. The molecule has 0 radical (unpaired) electrons. The number of imide groups is 1. The van der Waals surface area contributed by atoms with Gasteiger partial charge in [-0.1, -0.05) is 0 Å². The van der Waals surface area contributed by atoms with Crippen LogP contribution in [0.5, 0.6) is 0 Å². The number of nitrogens with two attached hydrogens (primary N) is 1. The predicted molar refractivity (Wildman–Crippen MR) is 69.7 cm³/mol. The van der Waals surface area contributed by atoms with Crippen molar-refractivity contribution < 1.29 is 14.4 Å². The Bertz CT molecular complexity index is 596. The standard InChI is InChI=1S/C12H15N5O3/c13-7-4-8(14-5-7)9(18)17-3-1-2-12(6-17)10(19)15-11(20)16-12/h4-5,14H,1-3,6,13H2,(H2,15,16,19,20). The summed E-state index contributed by atoms with van der Waals surface area (Å²) in [5.74, 6) is -0.597. The highest BCUT2D eigenvalue weighted by Crippen LogP contribution is 2.25. The normalized spacial score (nSPS) is 25.7. The first-order valence-corrected chi connectivity index (χ1v) is 6.37. The molecule has 0 aromatic carbocycles. The zero-order chi connectivity index (χ0) is 14.3. The first-order valence-electron chi connectivity index (χ1n) is 6.37. The summed E-state index contributed by atoms with van der Waals surface area (Å²) in [6, 6.07) is 1.05. The van der Waals surface area contributed by atoms with E-state index >= 15 is 0 Å². The van der Waals surface area contributed by atoms with Crippen molar-refractivity contribution in [1.29, 1.82) is 0 Å². The molecule has 8 heteroatoms. The smallest absolute Gasteiger partial charge is 0.322 e. The molecule has 1 unspecified atom stereocenters. The third-order valence-electron chi connectivity index (χ3n) is 3.73. The highest BCUT2D eigenvalue weighted by molar-refractivity contribution is 6.07. The largest absolute Gasteiger partial charge is 0.397 e. The molecule has 106 valence electrons. The number of likely N-dealkylation sites (tertiary alicyclic amines) is 1. The topological polar surface area (TPSA) is 120 Å². The molecule has 3 heterocycles. The number of piperidine rings is 1. The minimum absolute atomic E-state index is 0.169. The highest BCUT2D eigenvalue weighted by Gasteiger charge is 2.49. The first-order chi connectivity index (χ1) is 9.50. The van der Waals surface area contributed by atoms with Gasteiger partial charge >= 0.3 is 6.03 Å². The summed E-state index contributed by atoms with van der Waals surface area (Å²) in [5.41, 5.74) is 5.44. The number of hydrogen-bond acceptors (Lipinski definition) is 4. The molecule has 5 N–H and O–H groups in total. The highest BCUT2D eigenvalue weighted by atomic mass is 16.2. The van der Waals surface area contributed by atoms with Crippen LogP contribution in [0.15, 0.2) is 12.3 Å². The van der Waals surface area contributed by atoms with E-state index in [0.717, 1.165) is 0 Å². The minimum atomic E-state index is -0.997. The quantitative estimate of drug-likeness (QED) is 0.513. The molecule has 3 rings (SSSR count). The summed E-state index contributed by atoms with van der Waals surface area (Å²) in [5, 5.41) is 4.86. The molecule has 1 atom stereocenters. The third kappa shape index (κ3) is 1.89. The molecule has 8 nitrogen and oxygen atoms in total. The molecular weight excluding hydrogens is 262 g/mol. The SMILES string of the molecule is Nc1c[nH]c(C(=O)N2CCCC3(C2)NC(=O)NC3=O)c1. The number of nitrogens with zero attached hydrogens (tertiary/aromatic N) is 1. The summed E-state index contributed by atoms with van der Waals surface area (Å²) in [4.78, 5) is 39.9. The van der Waals surface area contributed by atoms with E-state index in [4.69, 9.17) is 5.73 Å². The number of carbonyl (C=O) groups is 3. The van der Waals surface area contributed by atoms with Gasteiger partial charge in [0, 0.05) is 18.4 Å². The molecule has 2 fully saturated rings. The lowest BCUT2D eigenvalue weighted by atomic mass is 9.89. The molecule has 1 spiro atoms. The maximum absolute atomic E-state index is 12.3. The van der Waals surface area contributed by atoms with Gasteiger partial charge in [-0.25, -0.2) is 4.79 Å². The average molecular weight is 277 g/mol. The molecule has 1 aromatic rings. The summed E-state index contributed by atoms with van der Waals surface area (Å²) in [6.07, 6.45) is 2.72. The molecule has 2 saturated heterocycles. The van der Waals surface area contributed by atoms with Gasteiger partial charge in [0.05, 0.1) is 6.54 Å². The van der Waals surface area contributed by atoms with Gasteiger partial charge in [0.25, 0.3) is 11.8 Å². The molecule has 0 bridgehead atoms. The minimum Gasteiger partial charge on any atom is -0.397 e. The molecule has 2 aliphatic rings. The van der Waals surface area contributed by atoms with Gasteiger partial charge in [-0.15, -0.1) is 0 Å². The van der Waals surface area contributed by atoms with E-state index in [9.17, 15) is 14.4 Å². The average Bonchev–Trinajstić information content (AvgIpc) is 2.94. The second-order valence-electron chi connectivity index (χ2n) is 5.17. The van der Waals surface area contributed by atoms with Crippen molar-refractivity contribution in [3.8, 4) is 0 Å². The van der Waals surface area contributed by atoms with Crippen molar-refractivity contribution in [2.75, 3.05) is 18.8 Å². The van der Waals surface area contributed by atoms with Crippen molar-refractivity contribution in [3.63, 3.8) is 0 Å². The Labute approximate surface area is 114 Å². The fourth-order valence-corrected chi connectivity index (χ4v) is 2.75. The van der Waals surface area contributed by atoms with Gasteiger partial charge in [-0.2, -0.15) is 0 Å². The predicted octanol–water partition coefficient (Wildman–Crippen LogP) is -0.589. The van der Waals surface area contributed by atoms with Crippen LogP contribution in [-0.4, -0.2) is 46.4 Å². The monoisotopic (exact) mass is 277 g/mol. The van der Waals surface area contributed by atoms with Crippen LogP contribution >= 0.6 is 0 Å². The number of amides is 4. The fourth-order valence-electron chi connectivity index (χ4n) is 2.75. The Kier molecular flexibility index (Phi) is 2.66. The van der Waals surface area contributed by atoms with Crippen LogP contribution in [0.1, 0.15) is 23.3 Å². The summed E-state index contributed by atoms with van der Waals surface area (Å²) < 4.78 is 0. The lowest BCUT2D eigenvalue weighted by Crippen LogP contribution is -2.59. The number of nitrogen functional groups attached to an aromatic ring is 1. The van der Waals surface area contributed by atoms with Crippen molar-refractivity contribution in [2.24, 2.45) is 0 Å². The first kappa shape index (κ1) is 12.5. The summed E-state index contributed by atoms with van der Waals surface area (Å²) in [7, 11) is 0. The van der Waals surface area contributed by atoms with Crippen molar-refractivity contribution >= 4 is 23.5 Å². The van der Waals surface area contributed by atoms with Crippen LogP contribution in [-0.2, 0) is 4.79 Å². The number of nitrogens with one attached hydrogen (secondary N) is 3. The third-order valence-corrected chi connectivity index (χ3v) is 3.73. The van der Waals surface area contributed by atoms with Crippen molar-refractivity contribution in [3.05, 3.63) is 18.0 Å². The maximum atomic E-state index is 12.3. The second kappa shape index (κ2) is 4.26. The van der Waals surface area contributed by atoms with Gasteiger partial charge in [-0.05, 0) is 18.9 Å². The zero-order valence-corrected chi connectivity index (χ0v) is 10.7. The van der Waals surface area contributed by atoms with Crippen LogP contribution in [0.2, 0.25) is 0 Å². The maximum Gasteiger partial charge on any atom is 0.322 e. The molecular formula is C12H15N5O3.